The van der Waals surface area contributed by atoms with E-state index in [1.165, 1.54) is 19.2 Å². The monoisotopic (exact) mass is 416 g/mol. The normalized spacial score (nSPS) is 25.7. The van der Waals surface area contributed by atoms with Crippen molar-refractivity contribution in [1.29, 1.82) is 0 Å². The summed E-state index contributed by atoms with van der Waals surface area (Å²) in [6, 6.07) is 6.04. The molecule has 2 atom stereocenters. The number of hydrogen-bond donors (Lipinski definition) is 1. The zero-order valence-electron chi connectivity index (χ0n) is 16.5. The highest BCUT2D eigenvalue weighted by atomic mass is 19.4. The fraction of sp³-hybridized carbons (Fsp3) is 0.650. The molecule has 2 aliphatic rings. The minimum absolute atomic E-state index is 0.0154. The Hall–Kier alpha value is -1.84. The number of hydrogen-bond acceptors (Lipinski definition) is 5. The van der Waals surface area contributed by atoms with Crippen LogP contribution in [-0.2, 0) is 20.8 Å². The molecule has 1 saturated carbocycles. The highest BCUT2D eigenvalue weighted by molar-refractivity contribution is 5.77. The lowest BCUT2D eigenvalue weighted by molar-refractivity contribution is -0.275. The largest absolute Gasteiger partial charge is 0.573 e. The second-order valence-corrected chi connectivity index (χ2v) is 7.58. The fourth-order valence-corrected chi connectivity index (χ4v) is 4.26. The molecule has 1 amide bonds. The summed E-state index contributed by atoms with van der Waals surface area (Å²) in [6.45, 7) is 1.89. The smallest absolute Gasteiger partial charge is 0.405 e. The molecule has 162 valence electrons. The Kier molecular flexibility index (Phi) is 7.02. The van der Waals surface area contributed by atoms with Crippen LogP contribution < -0.4 is 10.1 Å². The van der Waals surface area contributed by atoms with Gasteiger partial charge >= 0.3 is 6.36 Å². The maximum atomic E-state index is 12.7. The summed E-state index contributed by atoms with van der Waals surface area (Å²) in [4.78, 5) is 14.1. The van der Waals surface area contributed by atoms with Crippen LogP contribution in [0, 0.1) is 0 Å². The second kappa shape index (κ2) is 9.32. The molecule has 9 heteroatoms. The second-order valence-electron chi connectivity index (χ2n) is 7.58. The maximum absolute atomic E-state index is 12.7. The Morgan fingerprint density at radius 3 is 2.90 bits per heavy atom. The molecule has 0 radical (unpaired) electrons. The van der Waals surface area contributed by atoms with Gasteiger partial charge in [-0.2, -0.15) is 0 Å². The van der Waals surface area contributed by atoms with Gasteiger partial charge in [0, 0.05) is 32.3 Å². The van der Waals surface area contributed by atoms with Crippen LogP contribution in [0.5, 0.6) is 5.75 Å². The van der Waals surface area contributed by atoms with Crippen LogP contribution in [0.15, 0.2) is 24.3 Å². The topological polar surface area (TPSA) is 60.0 Å². The van der Waals surface area contributed by atoms with E-state index in [1.807, 2.05) is 0 Å². The summed E-state index contributed by atoms with van der Waals surface area (Å²) < 4.78 is 53.4. The maximum Gasteiger partial charge on any atom is 0.573 e. The molecule has 2 fully saturated rings. The van der Waals surface area contributed by atoms with Crippen LogP contribution in [0.4, 0.5) is 13.2 Å². The van der Waals surface area contributed by atoms with Crippen molar-refractivity contribution in [2.45, 2.75) is 50.2 Å². The number of carbonyl (C=O) groups is 1. The average Bonchev–Trinajstić information content (AvgIpc) is 2.65. The van der Waals surface area contributed by atoms with Crippen molar-refractivity contribution in [3.8, 4) is 5.75 Å². The van der Waals surface area contributed by atoms with E-state index in [1.54, 1.807) is 12.1 Å². The van der Waals surface area contributed by atoms with Crippen LogP contribution in [0.2, 0.25) is 0 Å². The molecule has 6 nitrogen and oxygen atoms in total. The van der Waals surface area contributed by atoms with Gasteiger partial charge in [0.15, 0.2) is 0 Å². The molecule has 1 aromatic carbocycles. The lowest BCUT2D eigenvalue weighted by Crippen LogP contribution is -2.64. The molecule has 1 aliphatic carbocycles. The van der Waals surface area contributed by atoms with E-state index in [0.29, 0.717) is 31.8 Å². The minimum atomic E-state index is -4.73. The lowest BCUT2D eigenvalue weighted by Gasteiger charge is -2.49. The van der Waals surface area contributed by atoms with Crippen LogP contribution in [0.1, 0.15) is 31.2 Å². The Balaban J connectivity index is 1.72. The predicted molar refractivity (Wildman–Crippen MR) is 99.4 cm³/mol. The zero-order valence-corrected chi connectivity index (χ0v) is 16.5. The van der Waals surface area contributed by atoms with E-state index >= 15 is 0 Å². The Morgan fingerprint density at radius 2 is 2.14 bits per heavy atom. The molecule has 1 heterocycles. The highest BCUT2D eigenvalue weighted by Crippen LogP contribution is 2.36. The van der Waals surface area contributed by atoms with Crippen molar-refractivity contribution >= 4 is 5.91 Å². The van der Waals surface area contributed by atoms with Crippen molar-refractivity contribution < 1.29 is 32.2 Å². The van der Waals surface area contributed by atoms with Crippen molar-refractivity contribution in [2.75, 3.05) is 33.4 Å². The summed E-state index contributed by atoms with van der Waals surface area (Å²) in [5, 5.41) is 3.02. The molecule has 0 unspecified atom stereocenters. The number of nitrogens with zero attached hydrogens (tertiary/aromatic N) is 1. The van der Waals surface area contributed by atoms with Crippen LogP contribution in [0.25, 0.3) is 0 Å². The molecule has 1 aliphatic heterocycles. The third-order valence-electron chi connectivity index (χ3n) is 5.47. The molecule has 1 N–H and O–H groups in total. The fourth-order valence-electron chi connectivity index (χ4n) is 4.26. The van der Waals surface area contributed by atoms with Crippen molar-refractivity contribution in [3.63, 3.8) is 0 Å². The summed E-state index contributed by atoms with van der Waals surface area (Å²) in [6.07, 6.45) is -1.16. The first-order valence-corrected chi connectivity index (χ1v) is 9.79. The number of alkyl halides is 3. The summed E-state index contributed by atoms with van der Waals surface area (Å²) in [7, 11) is 1.47. The number of amides is 1. The molecular weight excluding hydrogens is 389 g/mol. The highest BCUT2D eigenvalue weighted by Gasteiger charge is 2.46. The van der Waals surface area contributed by atoms with Gasteiger partial charge in [-0.1, -0.05) is 31.0 Å². The van der Waals surface area contributed by atoms with Gasteiger partial charge in [-0.25, -0.2) is 0 Å². The van der Waals surface area contributed by atoms with E-state index in [-0.39, 0.29) is 24.3 Å². The third-order valence-corrected chi connectivity index (χ3v) is 5.47. The standard InChI is InChI=1S/C20H27F3N2O4/c1-27-13-18(26)24-17-8-4-5-9-19(17)14-25(10-11-28-19)12-15-6-2-3-7-16(15)29-20(21,22)23/h2-3,6-7,17H,4-5,8-14H2,1H3,(H,24,26)/t17-,19+/m0/s1. The molecular formula is C20H27F3N2O4. The number of morpholine rings is 1. The van der Waals surface area contributed by atoms with Gasteiger partial charge in [0.1, 0.15) is 18.0 Å². The molecule has 29 heavy (non-hydrogen) atoms. The summed E-state index contributed by atoms with van der Waals surface area (Å²) in [5.74, 6) is -0.377. The van der Waals surface area contributed by atoms with Crippen molar-refractivity contribution in [3.05, 3.63) is 29.8 Å². The molecule has 3 rings (SSSR count). The van der Waals surface area contributed by atoms with E-state index in [9.17, 15) is 18.0 Å². The Labute approximate surface area is 168 Å². The third kappa shape index (κ3) is 5.83. The quantitative estimate of drug-likeness (QED) is 0.773. The average molecular weight is 416 g/mol. The molecule has 1 spiro atoms. The first-order chi connectivity index (χ1) is 13.8. The van der Waals surface area contributed by atoms with Gasteiger partial charge in [0.2, 0.25) is 5.91 Å². The number of benzene rings is 1. The Bertz CT molecular complexity index is 697. The van der Waals surface area contributed by atoms with Gasteiger partial charge < -0.3 is 19.5 Å². The first kappa shape index (κ1) is 21.9. The van der Waals surface area contributed by atoms with Gasteiger partial charge in [-0.15, -0.1) is 13.2 Å². The van der Waals surface area contributed by atoms with E-state index < -0.39 is 12.0 Å². The number of carbonyl (C=O) groups excluding carboxylic acids is 1. The first-order valence-electron chi connectivity index (χ1n) is 9.79. The van der Waals surface area contributed by atoms with Gasteiger partial charge in [0.05, 0.1) is 12.6 Å². The number of rotatable bonds is 6. The summed E-state index contributed by atoms with van der Waals surface area (Å²) >= 11 is 0. The van der Waals surface area contributed by atoms with Gasteiger partial charge in [-0.3, -0.25) is 9.69 Å². The predicted octanol–water partition coefficient (Wildman–Crippen LogP) is 2.86. The molecule has 0 bridgehead atoms. The molecule has 1 aromatic rings. The van der Waals surface area contributed by atoms with E-state index in [2.05, 4.69) is 15.0 Å². The van der Waals surface area contributed by atoms with Crippen molar-refractivity contribution in [1.82, 2.24) is 10.2 Å². The van der Waals surface area contributed by atoms with E-state index in [4.69, 9.17) is 9.47 Å². The number of halogens is 3. The number of para-hydroxylation sites is 1. The van der Waals surface area contributed by atoms with Crippen LogP contribution in [-0.4, -0.2) is 62.2 Å². The van der Waals surface area contributed by atoms with Crippen molar-refractivity contribution in [2.24, 2.45) is 0 Å². The van der Waals surface area contributed by atoms with Crippen LogP contribution in [0.3, 0.4) is 0 Å². The Morgan fingerprint density at radius 1 is 1.34 bits per heavy atom. The van der Waals surface area contributed by atoms with Gasteiger partial charge in [-0.05, 0) is 18.9 Å². The summed E-state index contributed by atoms with van der Waals surface area (Å²) in [5.41, 5.74) is -0.0719. The zero-order chi connectivity index (χ0) is 20.9. The van der Waals surface area contributed by atoms with Crippen LogP contribution >= 0.6 is 0 Å². The van der Waals surface area contributed by atoms with Gasteiger partial charge in [0.25, 0.3) is 0 Å². The minimum Gasteiger partial charge on any atom is -0.405 e. The number of methoxy groups -OCH3 is 1. The molecule has 1 saturated heterocycles. The van der Waals surface area contributed by atoms with E-state index in [0.717, 1.165) is 25.7 Å². The SMILES string of the molecule is COCC(=O)N[C@H]1CCCC[C@@]12CN(Cc1ccccc1OC(F)(F)F)CCO2. The number of nitrogens with one attached hydrogen (secondary N) is 1. The lowest BCUT2D eigenvalue weighted by atomic mass is 9.78. The molecule has 0 aromatic heterocycles. The number of ether oxygens (including phenoxy) is 3.